The predicted molar refractivity (Wildman–Crippen MR) is 118 cm³/mol. The van der Waals surface area contributed by atoms with Crippen LogP contribution in [0.5, 0.6) is 5.75 Å². The summed E-state index contributed by atoms with van der Waals surface area (Å²) in [6.07, 6.45) is 3.34. The molecule has 4 rings (SSSR count). The van der Waals surface area contributed by atoms with Crippen molar-refractivity contribution in [3.05, 3.63) is 70.2 Å². The maximum absolute atomic E-state index is 5.52. The van der Waals surface area contributed by atoms with Gasteiger partial charge in [0.1, 0.15) is 5.75 Å². The fraction of sp³-hybridized carbons (Fsp3) is 0.238. The highest BCUT2D eigenvalue weighted by Crippen LogP contribution is 2.28. The number of benzene rings is 2. The Hall–Kier alpha value is -2.48. The van der Waals surface area contributed by atoms with Crippen molar-refractivity contribution in [1.82, 2.24) is 14.7 Å². The van der Waals surface area contributed by atoms with Gasteiger partial charge in [-0.3, -0.25) is 4.90 Å². The van der Waals surface area contributed by atoms with Crippen molar-refractivity contribution in [3.63, 3.8) is 0 Å². The van der Waals surface area contributed by atoms with Gasteiger partial charge in [-0.25, -0.2) is 4.68 Å². The molecule has 28 heavy (non-hydrogen) atoms. The molecule has 0 aliphatic carbocycles. The van der Waals surface area contributed by atoms with Gasteiger partial charge in [-0.1, -0.05) is 59.9 Å². The van der Waals surface area contributed by atoms with Gasteiger partial charge in [0.15, 0.2) is 3.95 Å². The number of anilines is 2. The molecule has 5 nitrogen and oxygen atoms in total. The highest BCUT2D eigenvalue weighted by molar-refractivity contribution is 7.73. The van der Waals surface area contributed by atoms with Crippen LogP contribution in [0, 0.1) is 3.95 Å². The van der Waals surface area contributed by atoms with E-state index in [0.717, 1.165) is 40.0 Å². The van der Waals surface area contributed by atoms with E-state index in [1.54, 1.807) is 7.11 Å². The van der Waals surface area contributed by atoms with Crippen LogP contribution >= 0.6 is 23.6 Å². The Balaban J connectivity index is 1.42. The van der Waals surface area contributed by atoms with E-state index in [2.05, 4.69) is 51.7 Å². The Bertz CT molecular complexity index is 1030. The summed E-state index contributed by atoms with van der Waals surface area (Å²) in [6.45, 7) is 2.59. The number of rotatable bonds is 6. The van der Waals surface area contributed by atoms with Crippen LogP contribution in [0.3, 0.4) is 0 Å². The third kappa shape index (κ3) is 4.32. The van der Waals surface area contributed by atoms with E-state index >= 15 is 0 Å². The third-order valence-electron chi connectivity index (χ3n) is 4.73. The van der Waals surface area contributed by atoms with Crippen molar-refractivity contribution < 1.29 is 4.74 Å². The molecule has 144 valence electrons. The maximum Gasteiger partial charge on any atom is 0.209 e. The number of aromatic nitrogens is 2. The molecule has 1 N–H and O–H groups in total. The minimum absolute atomic E-state index is 0.696. The van der Waals surface area contributed by atoms with Crippen LogP contribution in [-0.2, 0) is 6.67 Å². The van der Waals surface area contributed by atoms with E-state index in [1.165, 1.54) is 22.5 Å². The summed E-state index contributed by atoms with van der Waals surface area (Å²) < 4.78 is 8.04. The molecule has 2 aromatic carbocycles. The molecule has 1 aliphatic heterocycles. The fourth-order valence-electron chi connectivity index (χ4n) is 3.25. The van der Waals surface area contributed by atoms with Gasteiger partial charge >= 0.3 is 0 Å². The van der Waals surface area contributed by atoms with E-state index in [-0.39, 0.29) is 0 Å². The molecule has 0 spiro atoms. The summed E-state index contributed by atoms with van der Waals surface area (Å²) in [4.78, 5) is 2.36. The molecule has 0 radical (unpaired) electrons. The molecule has 0 unspecified atom stereocenters. The Morgan fingerprint density at radius 1 is 1.14 bits per heavy atom. The minimum Gasteiger partial charge on any atom is -0.495 e. The van der Waals surface area contributed by atoms with E-state index < -0.39 is 0 Å². The zero-order chi connectivity index (χ0) is 19.3. The first-order chi connectivity index (χ1) is 13.7. The first kappa shape index (κ1) is 18.9. The summed E-state index contributed by atoms with van der Waals surface area (Å²) >= 11 is 7.00. The first-order valence-corrected chi connectivity index (χ1v) is 10.4. The van der Waals surface area contributed by atoms with E-state index in [0.29, 0.717) is 6.67 Å². The van der Waals surface area contributed by atoms with E-state index in [1.807, 2.05) is 28.9 Å². The standard InChI is InChI=1S/C21H22N4OS2/c1-26-19-10-6-5-9-18(19)22-20-23-25(21(27)28-20)15-24-13-11-17(12-14-24)16-7-3-2-4-8-16/h2-11H,12-15H2,1H3,(H,22,23). The molecule has 0 amide bonds. The molecule has 0 atom stereocenters. The lowest BCUT2D eigenvalue weighted by atomic mass is 10.00. The van der Waals surface area contributed by atoms with Gasteiger partial charge in [0.25, 0.3) is 0 Å². The van der Waals surface area contributed by atoms with Crippen LogP contribution < -0.4 is 10.1 Å². The van der Waals surface area contributed by atoms with Crippen molar-refractivity contribution in [2.45, 2.75) is 13.1 Å². The largest absolute Gasteiger partial charge is 0.495 e. The van der Waals surface area contributed by atoms with Gasteiger partial charge in [-0.2, -0.15) is 0 Å². The number of nitrogens with one attached hydrogen (secondary N) is 1. The second-order valence-electron chi connectivity index (χ2n) is 6.56. The molecule has 0 fully saturated rings. The summed E-state index contributed by atoms with van der Waals surface area (Å²) in [5.74, 6) is 0.782. The van der Waals surface area contributed by atoms with Gasteiger partial charge in [-0.05, 0) is 41.9 Å². The molecular weight excluding hydrogens is 388 g/mol. The van der Waals surface area contributed by atoms with Gasteiger partial charge in [0, 0.05) is 13.1 Å². The van der Waals surface area contributed by atoms with Crippen molar-refractivity contribution in [2.24, 2.45) is 0 Å². The van der Waals surface area contributed by atoms with E-state index in [4.69, 9.17) is 17.0 Å². The van der Waals surface area contributed by atoms with Gasteiger partial charge in [-0.15, -0.1) is 5.10 Å². The van der Waals surface area contributed by atoms with Crippen molar-refractivity contribution >= 4 is 39.9 Å². The maximum atomic E-state index is 5.52. The lowest BCUT2D eigenvalue weighted by Gasteiger charge is -2.26. The number of hydrogen-bond donors (Lipinski definition) is 1. The zero-order valence-corrected chi connectivity index (χ0v) is 17.3. The van der Waals surface area contributed by atoms with Crippen LogP contribution in [0.15, 0.2) is 60.7 Å². The van der Waals surface area contributed by atoms with Crippen LogP contribution in [0.1, 0.15) is 12.0 Å². The number of ether oxygens (including phenoxy) is 1. The molecule has 0 bridgehead atoms. The summed E-state index contributed by atoms with van der Waals surface area (Å²) in [5, 5.41) is 8.74. The molecule has 1 aromatic heterocycles. The van der Waals surface area contributed by atoms with Crippen molar-refractivity contribution in [2.75, 3.05) is 25.5 Å². The second kappa shape index (κ2) is 8.68. The monoisotopic (exact) mass is 410 g/mol. The Morgan fingerprint density at radius 2 is 1.93 bits per heavy atom. The minimum atomic E-state index is 0.696. The summed E-state index contributed by atoms with van der Waals surface area (Å²) in [5.41, 5.74) is 3.61. The molecule has 2 heterocycles. The number of hydrogen-bond acceptors (Lipinski definition) is 6. The Kier molecular flexibility index (Phi) is 5.85. The topological polar surface area (TPSA) is 42.3 Å². The SMILES string of the molecule is COc1ccccc1Nc1nn(CN2CC=C(c3ccccc3)CC2)c(=S)s1. The van der Waals surface area contributed by atoms with Gasteiger partial charge < -0.3 is 10.1 Å². The molecule has 1 aliphatic rings. The molecule has 0 saturated heterocycles. The van der Waals surface area contributed by atoms with Crippen LogP contribution in [0.4, 0.5) is 10.8 Å². The third-order valence-corrected chi connectivity index (χ3v) is 5.95. The van der Waals surface area contributed by atoms with Gasteiger partial charge in [0.05, 0.1) is 19.5 Å². The molecule has 0 saturated carbocycles. The molecule has 7 heteroatoms. The average Bonchev–Trinajstić information content (AvgIpc) is 3.08. The normalized spacial score (nSPS) is 14.5. The van der Waals surface area contributed by atoms with Crippen molar-refractivity contribution in [3.8, 4) is 5.75 Å². The lowest BCUT2D eigenvalue weighted by Crippen LogP contribution is -2.31. The first-order valence-electron chi connectivity index (χ1n) is 9.18. The van der Waals surface area contributed by atoms with Crippen molar-refractivity contribution in [1.29, 1.82) is 0 Å². The highest BCUT2D eigenvalue weighted by atomic mass is 32.1. The number of para-hydroxylation sites is 2. The van der Waals surface area contributed by atoms with Crippen LogP contribution in [0.2, 0.25) is 0 Å². The highest BCUT2D eigenvalue weighted by Gasteiger charge is 2.15. The summed E-state index contributed by atoms with van der Waals surface area (Å²) in [7, 11) is 1.66. The zero-order valence-electron chi connectivity index (χ0n) is 15.7. The van der Waals surface area contributed by atoms with Crippen LogP contribution in [0.25, 0.3) is 5.57 Å². The number of methoxy groups -OCH3 is 1. The quantitative estimate of drug-likeness (QED) is 0.568. The Labute approximate surface area is 173 Å². The fourth-order valence-corrected chi connectivity index (χ4v) is 4.26. The Morgan fingerprint density at radius 3 is 2.68 bits per heavy atom. The second-order valence-corrected chi connectivity index (χ2v) is 8.18. The summed E-state index contributed by atoms with van der Waals surface area (Å²) in [6, 6.07) is 18.4. The van der Waals surface area contributed by atoms with E-state index in [9.17, 15) is 0 Å². The lowest BCUT2D eigenvalue weighted by molar-refractivity contribution is 0.227. The van der Waals surface area contributed by atoms with Gasteiger partial charge in [0.2, 0.25) is 5.13 Å². The number of nitrogens with zero attached hydrogens (tertiary/aromatic N) is 3. The molecule has 3 aromatic rings. The molecular formula is C21H22N4OS2. The predicted octanol–water partition coefficient (Wildman–Crippen LogP) is 5.17. The van der Waals surface area contributed by atoms with Crippen LogP contribution in [-0.4, -0.2) is 34.9 Å². The smallest absolute Gasteiger partial charge is 0.209 e. The average molecular weight is 411 g/mol.